The summed E-state index contributed by atoms with van der Waals surface area (Å²) in [4.78, 5) is 42.5. The number of carbonyl (C=O) groups is 3. The molecule has 1 fully saturated rings. The summed E-state index contributed by atoms with van der Waals surface area (Å²) in [6.45, 7) is 1.39. The predicted molar refractivity (Wildman–Crippen MR) is 159 cm³/mol. The van der Waals surface area contributed by atoms with E-state index in [4.69, 9.17) is 10.5 Å². The van der Waals surface area contributed by atoms with E-state index in [1.165, 1.54) is 11.3 Å². The molecule has 0 atom stereocenters. The van der Waals surface area contributed by atoms with Crippen molar-refractivity contribution in [3.8, 4) is 10.4 Å². The number of amides is 1. The van der Waals surface area contributed by atoms with Crippen molar-refractivity contribution >= 4 is 45.8 Å². The Labute approximate surface area is 241 Å². The summed E-state index contributed by atoms with van der Waals surface area (Å²) in [5.41, 5.74) is 9.90. The number of ether oxygens (including phenoxy) is 1. The standard InChI is InChI=1S/C32H28N2O4S2/c33-29-25(30(36)34-16-14-32(15-17-34)19-26(35)24-8-4-5-9-27(24)40-32)18-28(39-29)22-10-12-23(13-11-22)31(37)38-20-21-6-2-1-3-7-21/h1-13,18H,14-17,19-20,33H2. The molecule has 4 aromatic rings. The van der Waals surface area contributed by atoms with Crippen LogP contribution in [0.5, 0.6) is 0 Å². The summed E-state index contributed by atoms with van der Waals surface area (Å²) in [5.74, 6) is -0.277. The summed E-state index contributed by atoms with van der Waals surface area (Å²) >= 11 is 3.15. The van der Waals surface area contributed by atoms with Crippen molar-refractivity contribution in [3.63, 3.8) is 0 Å². The fourth-order valence-electron chi connectivity index (χ4n) is 5.30. The lowest BCUT2D eigenvalue weighted by molar-refractivity contribution is 0.0472. The van der Waals surface area contributed by atoms with Gasteiger partial charge in [0.1, 0.15) is 6.61 Å². The van der Waals surface area contributed by atoms with E-state index in [1.807, 2.05) is 77.7 Å². The third-order valence-corrected chi connectivity index (χ3v) is 10.1. The maximum absolute atomic E-state index is 13.4. The number of hydrogen-bond acceptors (Lipinski definition) is 7. The Morgan fingerprint density at radius 1 is 0.925 bits per heavy atom. The molecule has 0 radical (unpaired) electrons. The van der Waals surface area contributed by atoms with Crippen LogP contribution in [0.15, 0.2) is 89.8 Å². The van der Waals surface area contributed by atoms with Crippen molar-refractivity contribution in [3.05, 3.63) is 107 Å². The predicted octanol–water partition coefficient (Wildman–Crippen LogP) is 6.71. The van der Waals surface area contributed by atoms with Crippen LogP contribution in [0, 0.1) is 0 Å². The van der Waals surface area contributed by atoms with Gasteiger partial charge >= 0.3 is 5.97 Å². The fraction of sp³-hybridized carbons (Fsp3) is 0.219. The summed E-state index contributed by atoms with van der Waals surface area (Å²) in [6, 6.07) is 26.3. The molecule has 8 heteroatoms. The number of rotatable bonds is 5. The molecule has 0 unspecified atom stereocenters. The molecule has 1 saturated heterocycles. The molecule has 6 rings (SSSR count). The second-order valence-corrected chi connectivity index (χ2v) is 12.8. The number of fused-ring (bicyclic) bond motifs is 1. The van der Waals surface area contributed by atoms with Gasteiger partial charge in [0.25, 0.3) is 5.91 Å². The van der Waals surface area contributed by atoms with Gasteiger partial charge in [-0.25, -0.2) is 4.79 Å². The van der Waals surface area contributed by atoms with Crippen LogP contribution in [-0.4, -0.2) is 40.4 Å². The first-order valence-electron chi connectivity index (χ1n) is 13.2. The minimum absolute atomic E-state index is 0.0801. The van der Waals surface area contributed by atoms with Crippen molar-refractivity contribution in [2.75, 3.05) is 18.8 Å². The smallest absolute Gasteiger partial charge is 0.338 e. The molecule has 6 nitrogen and oxygen atoms in total. The van der Waals surface area contributed by atoms with E-state index in [0.29, 0.717) is 35.6 Å². The molecule has 1 aromatic heterocycles. The number of nitrogen functional groups attached to an aromatic ring is 1. The van der Waals surface area contributed by atoms with Gasteiger partial charge < -0.3 is 15.4 Å². The van der Waals surface area contributed by atoms with Crippen LogP contribution in [0.25, 0.3) is 10.4 Å². The largest absolute Gasteiger partial charge is 0.457 e. The molecule has 2 aliphatic heterocycles. The first-order chi connectivity index (χ1) is 19.4. The van der Waals surface area contributed by atoms with E-state index in [2.05, 4.69) is 0 Å². The van der Waals surface area contributed by atoms with Crippen molar-refractivity contribution in [1.82, 2.24) is 4.90 Å². The van der Waals surface area contributed by atoms with E-state index >= 15 is 0 Å². The van der Waals surface area contributed by atoms with Crippen LogP contribution in [0.1, 0.15) is 55.9 Å². The number of nitrogens with zero attached hydrogens (tertiary/aromatic N) is 1. The Balaban J connectivity index is 1.09. The minimum Gasteiger partial charge on any atom is -0.457 e. The number of Topliss-reactive ketones (excluding diaryl/α,β-unsaturated/α-hetero) is 1. The molecule has 2 aliphatic rings. The molecule has 3 aromatic carbocycles. The molecule has 2 N–H and O–H groups in total. The monoisotopic (exact) mass is 568 g/mol. The summed E-state index contributed by atoms with van der Waals surface area (Å²) in [7, 11) is 0. The van der Waals surface area contributed by atoms with Crippen LogP contribution >= 0.6 is 23.1 Å². The van der Waals surface area contributed by atoms with Crippen molar-refractivity contribution < 1.29 is 19.1 Å². The Kier molecular flexibility index (Phi) is 7.21. The van der Waals surface area contributed by atoms with Gasteiger partial charge in [0.05, 0.1) is 16.1 Å². The van der Waals surface area contributed by atoms with E-state index in [9.17, 15) is 14.4 Å². The fourth-order valence-corrected chi connectivity index (χ4v) is 7.72. The quantitative estimate of drug-likeness (QED) is 0.269. The second-order valence-electron chi connectivity index (χ2n) is 10.2. The first-order valence-corrected chi connectivity index (χ1v) is 14.9. The Morgan fingerprint density at radius 3 is 2.38 bits per heavy atom. The number of carbonyl (C=O) groups excluding carboxylic acids is 3. The summed E-state index contributed by atoms with van der Waals surface area (Å²) in [6.07, 6.45) is 2.04. The van der Waals surface area contributed by atoms with Crippen LogP contribution in [0.4, 0.5) is 5.00 Å². The lowest BCUT2D eigenvalue weighted by atomic mass is 9.88. The van der Waals surface area contributed by atoms with Gasteiger partial charge in [-0.2, -0.15) is 0 Å². The molecule has 40 heavy (non-hydrogen) atoms. The zero-order chi connectivity index (χ0) is 27.7. The SMILES string of the molecule is Nc1sc(-c2ccc(C(=O)OCc3ccccc3)cc2)cc1C(=O)N1CCC2(CC1)CC(=O)c1ccccc1S2. The molecule has 0 saturated carbocycles. The van der Waals surface area contributed by atoms with Crippen molar-refractivity contribution in [2.24, 2.45) is 0 Å². The number of anilines is 1. The normalized spacial score (nSPS) is 16.0. The summed E-state index contributed by atoms with van der Waals surface area (Å²) in [5, 5.41) is 0.475. The molecule has 1 amide bonds. The number of thioether (sulfide) groups is 1. The van der Waals surface area contributed by atoms with E-state index < -0.39 is 0 Å². The maximum Gasteiger partial charge on any atom is 0.338 e. The number of ketones is 1. The first kappa shape index (κ1) is 26.3. The minimum atomic E-state index is -0.388. The zero-order valence-electron chi connectivity index (χ0n) is 21.8. The Morgan fingerprint density at radius 2 is 1.62 bits per heavy atom. The number of nitrogens with two attached hydrogens (primary N) is 1. The molecule has 3 heterocycles. The third-order valence-electron chi connectivity index (χ3n) is 7.57. The highest BCUT2D eigenvalue weighted by Crippen LogP contribution is 2.49. The molecular weight excluding hydrogens is 540 g/mol. The van der Waals surface area contributed by atoms with Crippen LogP contribution in [-0.2, 0) is 11.3 Å². The topological polar surface area (TPSA) is 89.7 Å². The van der Waals surface area contributed by atoms with Crippen molar-refractivity contribution in [2.45, 2.75) is 35.5 Å². The highest BCUT2D eigenvalue weighted by atomic mass is 32.2. The lowest BCUT2D eigenvalue weighted by Gasteiger charge is -2.43. The van der Waals surface area contributed by atoms with Gasteiger partial charge in [-0.1, -0.05) is 60.7 Å². The second kappa shape index (κ2) is 10.9. The van der Waals surface area contributed by atoms with Gasteiger partial charge in [0, 0.05) is 39.6 Å². The number of thiophene rings is 1. The Bertz CT molecular complexity index is 1570. The van der Waals surface area contributed by atoms with Gasteiger partial charge in [-0.3, -0.25) is 9.59 Å². The van der Waals surface area contributed by atoms with Crippen LogP contribution in [0.2, 0.25) is 0 Å². The number of likely N-dealkylation sites (tertiary alicyclic amines) is 1. The Hall–Kier alpha value is -3.88. The molecule has 0 bridgehead atoms. The van der Waals surface area contributed by atoms with Crippen molar-refractivity contribution in [1.29, 1.82) is 0 Å². The van der Waals surface area contributed by atoms with E-state index in [0.717, 1.165) is 39.3 Å². The number of piperidine rings is 1. The van der Waals surface area contributed by atoms with E-state index in [-0.39, 0.29) is 29.0 Å². The highest BCUT2D eigenvalue weighted by molar-refractivity contribution is 8.01. The third kappa shape index (κ3) is 5.29. The average molecular weight is 569 g/mol. The summed E-state index contributed by atoms with van der Waals surface area (Å²) < 4.78 is 5.26. The molecule has 1 spiro atoms. The maximum atomic E-state index is 13.4. The average Bonchev–Trinajstić information content (AvgIpc) is 3.38. The lowest BCUT2D eigenvalue weighted by Crippen LogP contribution is -2.47. The van der Waals surface area contributed by atoms with Crippen LogP contribution < -0.4 is 5.73 Å². The molecule has 202 valence electrons. The van der Waals surface area contributed by atoms with E-state index in [1.54, 1.807) is 23.9 Å². The van der Waals surface area contributed by atoms with Gasteiger partial charge in [0.2, 0.25) is 0 Å². The number of esters is 1. The zero-order valence-corrected chi connectivity index (χ0v) is 23.4. The highest BCUT2D eigenvalue weighted by Gasteiger charge is 2.42. The molecule has 0 aliphatic carbocycles. The van der Waals surface area contributed by atoms with Gasteiger partial charge in [-0.15, -0.1) is 23.1 Å². The van der Waals surface area contributed by atoms with Crippen LogP contribution in [0.3, 0.4) is 0 Å². The van der Waals surface area contributed by atoms with Gasteiger partial charge in [0.15, 0.2) is 5.78 Å². The number of hydrogen-bond donors (Lipinski definition) is 1. The van der Waals surface area contributed by atoms with Gasteiger partial charge in [-0.05, 0) is 48.2 Å². The molecular formula is C32H28N2O4S2. The number of benzene rings is 3.